The number of hydrogen-bond acceptors (Lipinski definition) is 3. The summed E-state index contributed by atoms with van der Waals surface area (Å²) in [6.07, 6.45) is 6.96. The van der Waals surface area contributed by atoms with E-state index in [2.05, 4.69) is 28.6 Å². The Hall–Kier alpha value is -1.78. The van der Waals surface area contributed by atoms with Gasteiger partial charge in [0.1, 0.15) is 5.82 Å². The third-order valence-electron chi connectivity index (χ3n) is 3.05. The van der Waals surface area contributed by atoms with E-state index < -0.39 is 0 Å². The van der Waals surface area contributed by atoms with Crippen molar-refractivity contribution in [1.82, 2.24) is 19.6 Å². The molecule has 0 radical (unpaired) electrons. The average Bonchev–Trinajstić information content (AvgIpc) is 2.97. The van der Waals surface area contributed by atoms with E-state index in [1.54, 1.807) is 0 Å². The molecule has 84 valence electrons. The summed E-state index contributed by atoms with van der Waals surface area (Å²) in [4.78, 5) is 0. The van der Waals surface area contributed by atoms with Crippen molar-refractivity contribution >= 4 is 5.82 Å². The summed E-state index contributed by atoms with van der Waals surface area (Å²) in [6, 6.07) is 2.34. The molecule has 0 aliphatic carbocycles. The zero-order valence-electron chi connectivity index (χ0n) is 9.30. The fraction of sp³-hybridized carbons (Fsp3) is 0.455. The molecule has 0 bridgehead atoms. The van der Waals surface area contributed by atoms with Crippen LogP contribution in [0, 0.1) is 0 Å². The zero-order valence-corrected chi connectivity index (χ0v) is 9.30. The molecule has 0 fully saturated rings. The van der Waals surface area contributed by atoms with Crippen LogP contribution in [0.4, 0.5) is 5.82 Å². The van der Waals surface area contributed by atoms with Crippen molar-refractivity contribution in [2.75, 3.05) is 11.9 Å². The second kappa shape index (κ2) is 3.66. The molecule has 2 aromatic heterocycles. The Morgan fingerprint density at radius 2 is 2.44 bits per heavy atom. The first kappa shape index (κ1) is 9.45. The Labute approximate surface area is 94.1 Å². The highest BCUT2D eigenvalue weighted by molar-refractivity contribution is 5.38. The summed E-state index contributed by atoms with van der Waals surface area (Å²) in [7, 11) is 0. The van der Waals surface area contributed by atoms with Gasteiger partial charge in [0.2, 0.25) is 0 Å². The van der Waals surface area contributed by atoms with E-state index in [-0.39, 0.29) is 0 Å². The molecule has 0 amide bonds. The molecule has 2 aromatic rings. The molecular weight excluding hydrogens is 202 g/mol. The SMILES string of the molecule is CCn1cc(C2CCNc3ccnn32)cn1. The number of aromatic nitrogens is 4. The van der Waals surface area contributed by atoms with Crippen molar-refractivity contribution in [2.45, 2.75) is 25.9 Å². The fourth-order valence-electron chi connectivity index (χ4n) is 2.19. The second-order valence-corrected chi connectivity index (χ2v) is 4.02. The van der Waals surface area contributed by atoms with Crippen molar-refractivity contribution in [3.8, 4) is 0 Å². The molecule has 1 atom stereocenters. The molecule has 5 heteroatoms. The first-order valence-electron chi connectivity index (χ1n) is 5.68. The molecule has 1 aliphatic heterocycles. The van der Waals surface area contributed by atoms with Crippen LogP contribution >= 0.6 is 0 Å². The summed E-state index contributed by atoms with van der Waals surface area (Å²) in [5, 5.41) is 12.0. The minimum Gasteiger partial charge on any atom is -0.370 e. The van der Waals surface area contributed by atoms with Gasteiger partial charge < -0.3 is 5.32 Å². The van der Waals surface area contributed by atoms with Crippen LogP contribution in [-0.2, 0) is 6.54 Å². The lowest BCUT2D eigenvalue weighted by Crippen LogP contribution is -2.23. The maximum atomic E-state index is 4.37. The summed E-state index contributed by atoms with van der Waals surface area (Å²) in [5.41, 5.74) is 1.24. The Kier molecular flexibility index (Phi) is 2.16. The zero-order chi connectivity index (χ0) is 11.0. The van der Waals surface area contributed by atoms with Crippen molar-refractivity contribution in [1.29, 1.82) is 0 Å². The fourth-order valence-corrected chi connectivity index (χ4v) is 2.19. The Morgan fingerprint density at radius 3 is 3.25 bits per heavy atom. The van der Waals surface area contributed by atoms with E-state index in [0.717, 1.165) is 25.3 Å². The Balaban J connectivity index is 1.97. The molecule has 1 unspecified atom stereocenters. The molecular formula is C11H15N5. The van der Waals surface area contributed by atoms with Gasteiger partial charge in [-0.3, -0.25) is 4.68 Å². The van der Waals surface area contributed by atoms with Gasteiger partial charge in [-0.25, -0.2) is 4.68 Å². The minimum atomic E-state index is 0.326. The maximum Gasteiger partial charge on any atom is 0.124 e. The van der Waals surface area contributed by atoms with E-state index >= 15 is 0 Å². The summed E-state index contributed by atoms with van der Waals surface area (Å²) >= 11 is 0. The number of nitrogens with one attached hydrogen (secondary N) is 1. The van der Waals surface area contributed by atoms with Crippen LogP contribution in [0.3, 0.4) is 0 Å². The van der Waals surface area contributed by atoms with E-state index in [4.69, 9.17) is 0 Å². The molecule has 1 N–H and O–H groups in total. The van der Waals surface area contributed by atoms with Crippen LogP contribution in [0.25, 0.3) is 0 Å². The van der Waals surface area contributed by atoms with Crippen LogP contribution in [0.1, 0.15) is 24.9 Å². The molecule has 3 rings (SSSR count). The van der Waals surface area contributed by atoms with Gasteiger partial charge >= 0.3 is 0 Å². The molecule has 1 aliphatic rings. The normalized spacial score (nSPS) is 19.2. The topological polar surface area (TPSA) is 47.7 Å². The van der Waals surface area contributed by atoms with Gasteiger partial charge in [0.25, 0.3) is 0 Å². The summed E-state index contributed by atoms with van der Waals surface area (Å²) < 4.78 is 4.00. The van der Waals surface area contributed by atoms with Crippen molar-refractivity contribution in [3.63, 3.8) is 0 Å². The van der Waals surface area contributed by atoms with Gasteiger partial charge in [-0.2, -0.15) is 10.2 Å². The van der Waals surface area contributed by atoms with Gasteiger partial charge in [-0.1, -0.05) is 0 Å². The predicted molar refractivity (Wildman–Crippen MR) is 61.4 cm³/mol. The third-order valence-corrected chi connectivity index (χ3v) is 3.05. The first-order valence-corrected chi connectivity index (χ1v) is 5.68. The second-order valence-electron chi connectivity index (χ2n) is 4.02. The van der Waals surface area contributed by atoms with Crippen LogP contribution in [0.15, 0.2) is 24.7 Å². The van der Waals surface area contributed by atoms with Gasteiger partial charge in [-0.05, 0) is 13.3 Å². The van der Waals surface area contributed by atoms with E-state index in [0.29, 0.717) is 6.04 Å². The highest BCUT2D eigenvalue weighted by Crippen LogP contribution is 2.28. The highest BCUT2D eigenvalue weighted by Gasteiger charge is 2.22. The number of anilines is 1. The largest absolute Gasteiger partial charge is 0.370 e. The summed E-state index contributed by atoms with van der Waals surface area (Å²) in [5.74, 6) is 1.10. The molecule has 0 saturated carbocycles. The van der Waals surface area contributed by atoms with Gasteiger partial charge in [0.15, 0.2) is 0 Å². The van der Waals surface area contributed by atoms with Crippen molar-refractivity contribution in [2.24, 2.45) is 0 Å². The van der Waals surface area contributed by atoms with Crippen LogP contribution < -0.4 is 5.32 Å². The first-order chi connectivity index (χ1) is 7.88. The number of rotatable bonds is 2. The monoisotopic (exact) mass is 217 g/mol. The lowest BCUT2D eigenvalue weighted by atomic mass is 10.1. The quantitative estimate of drug-likeness (QED) is 0.829. The average molecular weight is 217 g/mol. The Morgan fingerprint density at radius 1 is 1.50 bits per heavy atom. The number of hydrogen-bond donors (Lipinski definition) is 1. The molecule has 5 nitrogen and oxygen atoms in total. The lowest BCUT2D eigenvalue weighted by molar-refractivity contribution is 0.481. The molecule has 16 heavy (non-hydrogen) atoms. The van der Waals surface area contributed by atoms with Crippen LogP contribution in [-0.4, -0.2) is 26.1 Å². The Bertz CT molecular complexity index is 484. The predicted octanol–water partition coefficient (Wildman–Crippen LogP) is 1.50. The van der Waals surface area contributed by atoms with E-state index in [9.17, 15) is 0 Å². The minimum absolute atomic E-state index is 0.326. The molecule has 0 saturated heterocycles. The lowest BCUT2D eigenvalue weighted by Gasteiger charge is -2.24. The van der Waals surface area contributed by atoms with Gasteiger partial charge in [0, 0.05) is 30.9 Å². The highest BCUT2D eigenvalue weighted by atomic mass is 15.4. The van der Waals surface area contributed by atoms with Gasteiger partial charge in [0.05, 0.1) is 18.4 Å². The van der Waals surface area contributed by atoms with E-state index in [1.807, 2.05) is 27.8 Å². The van der Waals surface area contributed by atoms with Crippen LogP contribution in [0.5, 0.6) is 0 Å². The van der Waals surface area contributed by atoms with E-state index in [1.165, 1.54) is 5.56 Å². The molecule has 3 heterocycles. The van der Waals surface area contributed by atoms with Crippen molar-refractivity contribution in [3.05, 3.63) is 30.2 Å². The number of nitrogens with zero attached hydrogens (tertiary/aromatic N) is 4. The molecule has 0 spiro atoms. The maximum absolute atomic E-state index is 4.37. The summed E-state index contributed by atoms with van der Waals surface area (Å²) in [6.45, 7) is 4.00. The standard InChI is InChI=1S/C11H15N5/c1-2-15-8-9(7-14-15)10-3-5-12-11-4-6-13-16(10)11/h4,6-8,10,12H,2-3,5H2,1H3. The van der Waals surface area contributed by atoms with Crippen LogP contribution in [0.2, 0.25) is 0 Å². The number of fused-ring (bicyclic) bond motifs is 1. The van der Waals surface area contributed by atoms with Crippen molar-refractivity contribution < 1.29 is 0 Å². The third kappa shape index (κ3) is 1.39. The molecule has 0 aromatic carbocycles. The smallest absolute Gasteiger partial charge is 0.124 e. The number of aryl methyl sites for hydroxylation is 1. The van der Waals surface area contributed by atoms with Gasteiger partial charge in [-0.15, -0.1) is 0 Å².